The Kier molecular flexibility index (Phi) is 4.50. The van der Waals surface area contributed by atoms with Gasteiger partial charge in [0, 0.05) is 37.2 Å². The Morgan fingerprint density at radius 3 is 2.59 bits per heavy atom. The predicted octanol–water partition coefficient (Wildman–Crippen LogP) is 3.55. The fourth-order valence-corrected chi connectivity index (χ4v) is 4.01. The number of pyridine rings is 1. The summed E-state index contributed by atoms with van der Waals surface area (Å²) in [6.45, 7) is 2.16. The number of carbonyl (C=O) groups excluding carboxylic acids is 1. The smallest absolute Gasteiger partial charge is 0.275 e. The second-order valence-electron chi connectivity index (χ2n) is 7.44. The number of halogens is 1. The normalized spacial score (nSPS) is 20.0. The molecule has 0 spiro atoms. The molecule has 2 heterocycles. The fraction of sp³-hybridized carbons (Fsp3) is 0.429. The zero-order valence-electron chi connectivity index (χ0n) is 15.6. The van der Waals surface area contributed by atoms with Gasteiger partial charge >= 0.3 is 0 Å². The van der Waals surface area contributed by atoms with E-state index in [1.165, 1.54) is 13.2 Å². The molecule has 4 rings (SSSR count). The lowest BCUT2D eigenvalue weighted by Crippen LogP contribution is -2.36. The third-order valence-corrected chi connectivity index (χ3v) is 5.81. The van der Waals surface area contributed by atoms with E-state index in [-0.39, 0.29) is 35.7 Å². The molecule has 1 aliphatic carbocycles. The van der Waals surface area contributed by atoms with Crippen molar-refractivity contribution < 1.29 is 13.9 Å². The Morgan fingerprint density at radius 1 is 1.19 bits per heavy atom. The first kappa shape index (κ1) is 17.8. The van der Waals surface area contributed by atoms with Gasteiger partial charge in [-0.1, -0.05) is 6.07 Å². The Labute approximate surface area is 157 Å². The molecule has 1 saturated heterocycles. The molecule has 0 N–H and O–H groups in total. The first-order valence-corrected chi connectivity index (χ1v) is 9.35. The summed E-state index contributed by atoms with van der Waals surface area (Å²) < 4.78 is 21.2. The van der Waals surface area contributed by atoms with Crippen molar-refractivity contribution in [1.29, 1.82) is 0 Å². The molecule has 1 saturated carbocycles. The number of rotatable bonds is 4. The van der Waals surface area contributed by atoms with E-state index in [0.717, 1.165) is 24.8 Å². The van der Waals surface area contributed by atoms with Gasteiger partial charge in [0.05, 0.1) is 7.11 Å². The second kappa shape index (κ2) is 6.83. The average Bonchev–Trinajstić information content (AvgIpc) is 2.97. The molecule has 0 unspecified atom stereocenters. The predicted molar refractivity (Wildman–Crippen MR) is 101 cm³/mol. The van der Waals surface area contributed by atoms with Crippen LogP contribution in [0, 0.1) is 12.7 Å². The van der Waals surface area contributed by atoms with Crippen LogP contribution in [0.3, 0.4) is 0 Å². The Balaban J connectivity index is 1.66. The number of carbonyl (C=O) groups is 1. The lowest BCUT2D eigenvalue weighted by Gasteiger charge is -2.29. The number of nitrogens with zero attached hydrogens (tertiary/aromatic N) is 2. The van der Waals surface area contributed by atoms with E-state index in [2.05, 4.69) is 0 Å². The highest BCUT2D eigenvalue weighted by Gasteiger charge is 2.36. The highest BCUT2D eigenvalue weighted by molar-refractivity contribution is 5.97. The minimum Gasteiger partial charge on any atom is -0.497 e. The summed E-state index contributed by atoms with van der Waals surface area (Å²) >= 11 is 0. The largest absolute Gasteiger partial charge is 0.497 e. The molecule has 0 bridgehead atoms. The van der Waals surface area contributed by atoms with Crippen molar-refractivity contribution in [2.24, 2.45) is 0 Å². The quantitative estimate of drug-likeness (QED) is 0.827. The van der Waals surface area contributed by atoms with E-state index in [9.17, 15) is 14.0 Å². The Morgan fingerprint density at radius 2 is 1.96 bits per heavy atom. The fourth-order valence-electron chi connectivity index (χ4n) is 4.01. The van der Waals surface area contributed by atoms with Crippen LogP contribution in [0.2, 0.25) is 0 Å². The van der Waals surface area contributed by atoms with Gasteiger partial charge in [0.25, 0.3) is 5.56 Å². The zero-order valence-corrected chi connectivity index (χ0v) is 15.6. The molecule has 0 radical (unpaired) electrons. The van der Waals surface area contributed by atoms with Gasteiger partial charge in [-0.25, -0.2) is 4.39 Å². The van der Waals surface area contributed by atoms with Gasteiger partial charge in [0.1, 0.15) is 17.3 Å². The lowest BCUT2D eigenvalue weighted by molar-refractivity contribution is -0.117. The number of ether oxygens (including phenoxy) is 1. The third kappa shape index (κ3) is 3.03. The van der Waals surface area contributed by atoms with Gasteiger partial charge in [-0.05, 0) is 49.4 Å². The number of benzene rings is 1. The summed E-state index contributed by atoms with van der Waals surface area (Å²) in [6, 6.07) is 6.82. The summed E-state index contributed by atoms with van der Waals surface area (Å²) in [5.74, 6) is -0.355. The van der Waals surface area contributed by atoms with Gasteiger partial charge in [-0.15, -0.1) is 0 Å². The van der Waals surface area contributed by atoms with E-state index in [1.807, 2.05) is 19.2 Å². The molecule has 5 nitrogen and oxygen atoms in total. The van der Waals surface area contributed by atoms with Gasteiger partial charge < -0.3 is 14.2 Å². The number of aromatic nitrogens is 1. The van der Waals surface area contributed by atoms with Gasteiger partial charge in [0.15, 0.2) is 0 Å². The van der Waals surface area contributed by atoms with Crippen LogP contribution < -0.4 is 15.2 Å². The van der Waals surface area contributed by atoms with Crippen LogP contribution in [0.4, 0.5) is 10.1 Å². The molecule has 1 amide bonds. The number of methoxy groups -OCH3 is 1. The van der Waals surface area contributed by atoms with Crippen LogP contribution in [-0.2, 0) is 4.79 Å². The van der Waals surface area contributed by atoms with Crippen LogP contribution in [0.1, 0.15) is 48.8 Å². The van der Waals surface area contributed by atoms with Gasteiger partial charge in [-0.3, -0.25) is 9.59 Å². The molecular formula is C21H23FN2O3. The monoisotopic (exact) mass is 370 g/mol. The summed E-state index contributed by atoms with van der Waals surface area (Å²) in [7, 11) is 1.49. The zero-order chi connectivity index (χ0) is 19.1. The molecule has 1 aromatic carbocycles. The lowest BCUT2D eigenvalue weighted by atomic mass is 9.92. The minimum atomic E-state index is -0.384. The highest BCUT2D eigenvalue weighted by Crippen LogP contribution is 2.35. The summed E-state index contributed by atoms with van der Waals surface area (Å²) in [5.41, 5.74) is 1.58. The average molecular weight is 370 g/mol. The van der Waals surface area contributed by atoms with Crippen LogP contribution in [0.25, 0.3) is 0 Å². The van der Waals surface area contributed by atoms with Crippen molar-refractivity contribution in [1.82, 2.24) is 4.57 Å². The summed E-state index contributed by atoms with van der Waals surface area (Å²) in [6.07, 6.45) is 5.14. The van der Waals surface area contributed by atoms with E-state index in [0.29, 0.717) is 23.5 Å². The Hall–Kier alpha value is -2.63. The first-order valence-electron chi connectivity index (χ1n) is 9.35. The number of hydrogen-bond acceptors (Lipinski definition) is 3. The SMILES string of the molecule is COc1ccc([C@H]2CC(=O)N(c3c(C)ccn(C4CCC4)c3=O)C2)c(F)c1. The summed E-state index contributed by atoms with van der Waals surface area (Å²) in [4.78, 5) is 27.3. The maximum Gasteiger partial charge on any atom is 0.275 e. The molecular weight excluding hydrogens is 347 g/mol. The molecule has 142 valence electrons. The maximum atomic E-state index is 14.5. The molecule has 2 fully saturated rings. The number of hydrogen-bond donors (Lipinski definition) is 0. The van der Waals surface area contributed by atoms with Gasteiger partial charge in [0.2, 0.25) is 5.91 Å². The highest BCUT2D eigenvalue weighted by atomic mass is 19.1. The van der Waals surface area contributed by atoms with Crippen LogP contribution in [0.5, 0.6) is 5.75 Å². The molecule has 1 aliphatic heterocycles. The molecule has 1 aromatic heterocycles. The maximum absolute atomic E-state index is 14.5. The van der Waals surface area contributed by atoms with Crippen LogP contribution >= 0.6 is 0 Å². The first-order chi connectivity index (χ1) is 13.0. The third-order valence-electron chi connectivity index (χ3n) is 5.81. The molecule has 2 aromatic rings. The second-order valence-corrected chi connectivity index (χ2v) is 7.44. The Bertz CT molecular complexity index is 949. The summed E-state index contributed by atoms with van der Waals surface area (Å²) in [5, 5.41) is 0. The number of aryl methyl sites for hydroxylation is 1. The van der Waals surface area contributed by atoms with Crippen molar-refractivity contribution in [3.63, 3.8) is 0 Å². The van der Waals surface area contributed by atoms with Crippen LogP contribution in [0.15, 0.2) is 35.3 Å². The van der Waals surface area contributed by atoms with E-state index in [4.69, 9.17) is 4.74 Å². The van der Waals surface area contributed by atoms with Crippen molar-refractivity contribution in [2.45, 2.75) is 44.6 Å². The molecule has 6 heteroatoms. The van der Waals surface area contributed by atoms with E-state index >= 15 is 0 Å². The van der Waals surface area contributed by atoms with Crippen molar-refractivity contribution >= 4 is 11.6 Å². The van der Waals surface area contributed by atoms with Gasteiger partial charge in [-0.2, -0.15) is 0 Å². The van der Waals surface area contributed by atoms with E-state index < -0.39 is 0 Å². The molecule has 1 atom stereocenters. The van der Waals surface area contributed by atoms with Crippen molar-refractivity contribution in [3.05, 3.63) is 57.8 Å². The van der Waals surface area contributed by atoms with Crippen molar-refractivity contribution in [2.75, 3.05) is 18.6 Å². The molecule has 27 heavy (non-hydrogen) atoms. The van der Waals surface area contributed by atoms with E-state index in [1.54, 1.807) is 21.6 Å². The number of amides is 1. The van der Waals surface area contributed by atoms with Crippen molar-refractivity contribution in [3.8, 4) is 5.75 Å². The minimum absolute atomic E-state index is 0.121. The van der Waals surface area contributed by atoms with Crippen LogP contribution in [-0.4, -0.2) is 24.1 Å². The topological polar surface area (TPSA) is 51.5 Å². The number of anilines is 1. The standard InChI is InChI=1S/C21H23FN2O3/c1-13-8-9-23(15-4-3-5-15)21(26)20(13)24-12-14(10-19(24)25)17-7-6-16(27-2)11-18(17)22/h6-9,11,14-15H,3-5,10,12H2,1-2H3/t14-/m0/s1. The molecule has 2 aliphatic rings.